The van der Waals surface area contributed by atoms with E-state index >= 15 is 0 Å². The lowest BCUT2D eigenvalue weighted by molar-refractivity contribution is 0.0697. The van der Waals surface area contributed by atoms with Crippen LogP contribution in [0.1, 0.15) is 21.5 Å². The first-order chi connectivity index (χ1) is 9.08. The summed E-state index contributed by atoms with van der Waals surface area (Å²) in [6.07, 6.45) is 0. The number of aryl methyl sites for hydroxylation is 1. The van der Waals surface area contributed by atoms with Gasteiger partial charge in [-0.05, 0) is 36.2 Å². The number of aromatic carboxylic acids is 1. The van der Waals surface area contributed by atoms with Crippen molar-refractivity contribution in [2.24, 2.45) is 0 Å². The second-order valence-corrected chi connectivity index (χ2v) is 4.64. The number of rotatable bonds is 4. The van der Waals surface area contributed by atoms with Crippen molar-refractivity contribution < 1.29 is 9.90 Å². The highest BCUT2D eigenvalue weighted by Gasteiger charge is 2.06. The summed E-state index contributed by atoms with van der Waals surface area (Å²) in [4.78, 5) is 12.9. The maximum Gasteiger partial charge on any atom is 0.335 e. The van der Waals surface area contributed by atoms with Gasteiger partial charge in [0.15, 0.2) is 0 Å². The first-order valence-electron chi connectivity index (χ1n) is 6.17. The molecule has 0 aliphatic carbocycles. The molecule has 0 saturated heterocycles. The Labute approximate surface area is 113 Å². The van der Waals surface area contributed by atoms with Gasteiger partial charge in [-0.3, -0.25) is 0 Å². The zero-order valence-electron chi connectivity index (χ0n) is 11.1. The van der Waals surface area contributed by atoms with Crippen LogP contribution in [0.4, 0.5) is 5.69 Å². The van der Waals surface area contributed by atoms with E-state index in [1.54, 1.807) is 12.1 Å². The molecule has 0 spiro atoms. The van der Waals surface area contributed by atoms with Crippen LogP contribution in [0.25, 0.3) is 0 Å². The third kappa shape index (κ3) is 3.13. The average molecular weight is 255 g/mol. The zero-order valence-corrected chi connectivity index (χ0v) is 11.1. The summed E-state index contributed by atoms with van der Waals surface area (Å²) < 4.78 is 0. The van der Waals surface area contributed by atoms with Gasteiger partial charge in [0.25, 0.3) is 0 Å². The van der Waals surface area contributed by atoms with E-state index < -0.39 is 5.97 Å². The van der Waals surface area contributed by atoms with E-state index in [1.165, 1.54) is 11.3 Å². The largest absolute Gasteiger partial charge is 0.478 e. The summed E-state index contributed by atoms with van der Waals surface area (Å²) in [6, 6.07) is 15.2. The van der Waals surface area contributed by atoms with Gasteiger partial charge in [-0.2, -0.15) is 0 Å². The predicted octanol–water partition coefficient (Wildman–Crippen LogP) is 3.33. The number of carboxylic acids is 1. The van der Waals surface area contributed by atoms with E-state index in [0.717, 1.165) is 12.1 Å². The SMILES string of the molecule is Cc1ccccc1N(C)Cc1ccc(C(=O)O)cc1. The van der Waals surface area contributed by atoms with Crippen molar-refractivity contribution in [3.05, 3.63) is 65.2 Å². The lowest BCUT2D eigenvalue weighted by Gasteiger charge is -2.21. The quantitative estimate of drug-likeness (QED) is 0.911. The molecule has 1 N–H and O–H groups in total. The topological polar surface area (TPSA) is 40.5 Å². The fraction of sp³-hybridized carbons (Fsp3) is 0.188. The van der Waals surface area contributed by atoms with Crippen LogP contribution in [0.3, 0.4) is 0 Å². The number of hydrogen-bond donors (Lipinski definition) is 1. The van der Waals surface area contributed by atoms with Crippen LogP contribution in [0.2, 0.25) is 0 Å². The lowest BCUT2D eigenvalue weighted by atomic mass is 10.1. The molecule has 0 unspecified atom stereocenters. The molecule has 0 aromatic heterocycles. The molecule has 0 aliphatic rings. The summed E-state index contributed by atoms with van der Waals surface area (Å²) in [5, 5.41) is 8.86. The number of para-hydroxylation sites is 1. The minimum Gasteiger partial charge on any atom is -0.478 e. The van der Waals surface area contributed by atoms with Crippen molar-refractivity contribution in [3.8, 4) is 0 Å². The normalized spacial score (nSPS) is 10.2. The molecule has 2 aromatic carbocycles. The van der Waals surface area contributed by atoms with Gasteiger partial charge in [0.05, 0.1) is 5.56 Å². The van der Waals surface area contributed by atoms with Gasteiger partial charge in [-0.1, -0.05) is 30.3 Å². The smallest absolute Gasteiger partial charge is 0.335 e. The van der Waals surface area contributed by atoms with Gasteiger partial charge in [0.1, 0.15) is 0 Å². The Kier molecular flexibility index (Phi) is 3.85. The molecule has 3 heteroatoms. The third-order valence-electron chi connectivity index (χ3n) is 3.15. The van der Waals surface area contributed by atoms with Crippen molar-refractivity contribution in [2.45, 2.75) is 13.5 Å². The number of nitrogens with zero attached hydrogens (tertiary/aromatic N) is 1. The van der Waals surface area contributed by atoms with Gasteiger partial charge < -0.3 is 10.0 Å². The number of anilines is 1. The van der Waals surface area contributed by atoms with Crippen molar-refractivity contribution in [2.75, 3.05) is 11.9 Å². The molecule has 3 nitrogen and oxygen atoms in total. The van der Waals surface area contributed by atoms with Crippen molar-refractivity contribution in [1.82, 2.24) is 0 Å². The summed E-state index contributed by atoms with van der Waals surface area (Å²) in [5.41, 5.74) is 3.83. The van der Waals surface area contributed by atoms with E-state index in [-0.39, 0.29) is 0 Å². The lowest BCUT2D eigenvalue weighted by Crippen LogP contribution is -2.17. The van der Waals surface area contributed by atoms with E-state index in [2.05, 4.69) is 24.0 Å². The second-order valence-electron chi connectivity index (χ2n) is 4.64. The summed E-state index contributed by atoms with van der Waals surface area (Å²) in [6.45, 7) is 2.84. The highest BCUT2D eigenvalue weighted by atomic mass is 16.4. The Morgan fingerprint density at radius 2 is 1.74 bits per heavy atom. The molecule has 0 bridgehead atoms. The van der Waals surface area contributed by atoms with Gasteiger partial charge >= 0.3 is 5.97 Å². The third-order valence-corrected chi connectivity index (χ3v) is 3.15. The molecule has 0 radical (unpaired) electrons. The predicted molar refractivity (Wildman–Crippen MR) is 76.7 cm³/mol. The number of carboxylic acid groups (broad SMARTS) is 1. The van der Waals surface area contributed by atoms with Crippen LogP contribution in [0, 0.1) is 6.92 Å². The Morgan fingerprint density at radius 1 is 1.11 bits per heavy atom. The maximum atomic E-state index is 10.8. The Morgan fingerprint density at radius 3 is 2.32 bits per heavy atom. The fourth-order valence-corrected chi connectivity index (χ4v) is 2.10. The van der Waals surface area contributed by atoms with Crippen molar-refractivity contribution in [3.63, 3.8) is 0 Å². The monoisotopic (exact) mass is 255 g/mol. The van der Waals surface area contributed by atoms with Gasteiger partial charge in [-0.25, -0.2) is 4.79 Å². The maximum absolute atomic E-state index is 10.8. The molecule has 2 aromatic rings. The van der Waals surface area contributed by atoms with Crippen LogP contribution in [0.5, 0.6) is 0 Å². The molecule has 0 fully saturated rings. The summed E-state index contributed by atoms with van der Waals surface area (Å²) in [7, 11) is 2.04. The minimum absolute atomic E-state index is 0.322. The molecule has 0 atom stereocenters. The van der Waals surface area contributed by atoms with Crippen molar-refractivity contribution in [1.29, 1.82) is 0 Å². The molecular formula is C16H17NO2. The van der Waals surface area contributed by atoms with Crippen LogP contribution in [-0.2, 0) is 6.54 Å². The van der Waals surface area contributed by atoms with E-state index in [9.17, 15) is 4.79 Å². The van der Waals surface area contributed by atoms with Crippen LogP contribution < -0.4 is 4.90 Å². The molecular weight excluding hydrogens is 238 g/mol. The van der Waals surface area contributed by atoms with Gasteiger partial charge in [-0.15, -0.1) is 0 Å². The zero-order chi connectivity index (χ0) is 13.8. The molecule has 0 saturated carbocycles. The van der Waals surface area contributed by atoms with E-state index in [4.69, 9.17) is 5.11 Å². The molecule has 2 rings (SSSR count). The van der Waals surface area contributed by atoms with E-state index in [1.807, 2.05) is 31.3 Å². The second kappa shape index (κ2) is 5.57. The van der Waals surface area contributed by atoms with Crippen LogP contribution in [-0.4, -0.2) is 18.1 Å². The standard InChI is InChI=1S/C16H17NO2/c1-12-5-3-4-6-15(12)17(2)11-13-7-9-14(10-8-13)16(18)19/h3-10H,11H2,1-2H3,(H,18,19). The Bertz CT molecular complexity index is 576. The summed E-state index contributed by atoms with van der Waals surface area (Å²) in [5.74, 6) is -0.890. The number of hydrogen-bond acceptors (Lipinski definition) is 2. The minimum atomic E-state index is -0.890. The van der Waals surface area contributed by atoms with Crippen molar-refractivity contribution >= 4 is 11.7 Å². The molecule has 98 valence electrons. The molecule has 0 amide bonds. The highest BCUT2D eigenvalue weighted by molar-refractivity contribution is 5.87. The Balaban J connectivity index is 2.13. The average Bonchev–Trinajstić information content (AvgIpc) is 2.39. The van der Waals surface area contributed by atoms with Gasteiger partial charge in [0, 0.05) is 19.3 Å². The molecule has 0 aliphatic heterocycles. The number of carbonyl (C=O) groups is 1. The highest BCUT2D eigenvalue weighted by Crippen LogP contribution is 2.20. The first kappa shape index (κ1) is 13.1. The number of benzene rings is 2. The van der Waals surface area contributed by atoms with Crippen LogP contribution in [0.15, 0.2) is 48.5 Å². The Hall–Kier alpha value is -2.29. The summed E-state index contributed by atoms with van der Waals surface area (Å²) >= 11 is 0. The molecule has 19 heavy (non-hydrogen) atoms. The molecule has 0 heterocycles. The van der Waals surface area contributed by atoms with E-state index in [0.29, 0.717) is 5.56 Å². The van der Waals surface area contributed by atoms with Crippen LogP contribution >= 0.6 is 0 Å². The van der Waals surface area contributed by atoms with Gasteiger partial charge in [0.2, 0.25) is 0 Å². The fourth-order valence-electron chi connectivity index (χ4n) is 2.10. The first-order valence-corrected chi connectivity index (χ1v) is 6.17.